The fourth-order valence-corrected chi connectivity index (χ4v) is 1.12. The molecule has 0 aromatic carbocycles. The molecular weight excluding hydrogens is 226 g/mol. The number of anilines is 1. The number of nitrogens with one attached hydrogen (secondary N) is 1. The molecule has 1 heterocycles. The van der Waals surface area contributed by atoms with Gasteiger partial charge < -0.3 is 10.4 Å². The third kappa shape index (κ3) is 3.69. The van der Waals surface area contributed by atoms with E-state index in [0.717, 1.165) is 6.54 Å². The second-order valence-electron chi connectivity index (χ2n) is 3.91. The lowest BCUT2D eigenvalue weighted by molar-refractivity contribution is 0.0690. The summed E-state index contributed by atoms with van der Waals surface area (Å²) >= 11 is 1.75. The average Bonchev–Trinajstić information content (AvgIpc) is 2.27. The van der Waals surface area contributed by atoms with Crippen molar-refractivity contribution in [1.82, 2.24) is 9.97 Å². The summed E-state index contributed by atoms with van der Waals surface area (Å²) in [6.45, 7) is 4.97. The Bertz CT molecular complexity index is 365. The Hall–Kier alpha value is -1.30. The summed E-state index contributed by atoms with van der Waals surface area (Å²) in [5.41, 5.74) is -0.0466. The van der Waals surface area contributed by atoms with E-state index in [1.807, 2.05) is 6.26 Å². The van der Waals surface area contributed by atoms with Crippen molar-refractivity contribution in [1.29, 1.82) is 0 Å². The van der Waals surface area contributed by atoms with Crippen molar-refractivity contribution in [3.63, 3.8) is 0 Å². The van der Waals surface area contributed by atoms with Gasteiger partial charge in [0.15, 0.2) is 5.69 Å². The fourth-order valence-electron chi connectivity index (χ4n) is 0.905. The van der Waals surface area contributed by atoms with Crippen LogP contribution in [0.1, 0.15) is 24.3 Å². The molecule has 0 aliphatic carbocycles. The van der Waals surface area contributed by atoms with Gasteiger partial charge in [0, 0.05) is 11.3 Å². The van der Waals surface area contributed by atoms with Crippen molar-refractivity contribution in [3.8, 4) is 0 Å². The first-order chi connectivity index (χ1) is 7.44. The van der Waals surface area contributed by atoms with Gasteiger partial charge >= 0.3 is 5.97 Å². The van der Waals surface area contributed by atoms with E-state index in [1.54, 1.807) is 11.8 Å². The summed E-state index contributed by atoms with van der Waals surface area (Å²) in [6, 6.07) is 0. The summed E-state index contributed by atoms with van der Waals surface area (Å²) in [6.07, 6.45) is 4.72. The zero-order chi connectivity index (χ0) is 12.2. The van der Waals surface area contributed by atoms with Gasteiger partial charge in [-0.1, -0.05) is 0 Å². The maximum absolute atomic E-state index is 10.5. The number of carboxylic acid groups (broad SMARTS) is 1. The van der Waals surface area contributed by atoms with Gasteiger partial charge in [-0.05, 0) is 20.1 Å². The Labute approximate surface area is 98.7 Å². The number of aromatic nitrogens is 2. The van der Waals surface area contributed by atoms with Gasteiger partial charge in [-0.3, -0.25) is 0 Å². The molecule has 1 aromatic rings. The lowest BCUT2D eigenvalue weighted by Gasteiger charge is -2.22. The van der Waals surface area contributed by atoms with Crippen LogP contribution in [0.25, 0.3) is 0 Å². The summed E-state index contributed by atoms with van der Waals surface area (Å²) in [7, 11) is 0. The second-order valence-corrected chi connectivity index (χ2v) is 5.42. The van der Waals surface area contributed by atoms with Crippen LogP contribution in [-0.2, 0) is 0 Å². The van der Waals surface area contributed by atoms with Gasteiger partial charge in [0.05, 0.1) is 12.4 Å². The third-order valence-electron chi connectivity index (χ3n) is 2.12. The number of rotatable bonds is 5. The molecule has 0 atom stereocenters. The van der Waals surface area contributed by atoms with Crippen LogP contribution in [0.3, 0.4) is 0 Å². The summed E-state index contributed by atoms with van der Waals surface area (Å²) in [5, 5.41) is 11.8. The molecule has 0 radical (unpaired) electrons. The fraction of sp³-hybridized carbons (Fsp3) is 0.500. The molecule has 6 heteroatoms. The molecular formula is C10H15N3O2S. The Kier molecular flexibility index (Phi) is 4.12. The molecule has 0 unspecified atom stereocenters. The van der Waals surface area contributed by atoms with Gasteiger partial charge in [-0.15, -0.1) is 0 Å². The van der Waals surface area contributed by atoms with Crippen molar-refractivity contribution >= 4 is 23.5 Å². The Morgan fingerprint density at radius 2 is 2.19 bits per heavy atom. The second kappa shape index (κ2) is 5.16. The van der Waals surface area contributed by atoms with E-state index >= 15 is 0 Å². The highest BCUT2D eigenvalue weighted by atomic mass is 32.2. The highest BCUT2D eigenvalue weighted by Crippen LogP contribution is 2.21. The number of thioether (sulfide) groups is 1. The Balaban J connectivity index is 2.59. The molecule has 1 rings (SSSR count). The third-order valence-corrected chi connectivity index (χ3v) is 3.37. The minimum Gasteiger partial charge on any atom is -0.476 e. The topological polar surface area (TPSA) is 75.1 Å². The van der Waals surface area contributed by atoms with E-state index < -0.39 is 5.97 Å². The Morgan fingerprint density at radius 1 is 1.50 bits per heavy atom. The number of carbonyl (C=O) groups is 1. The predicted octanol–water partition coefficient (Wildman–Crippen LogP) is 1.73. The monoisotopic (exact) mass is 241 g/mol. The highest BCUT2D eigenvalue weighted by Gasteiger charge is 2.15. The van der Waals surface area contributed by atoms with Crippen LogP contribution in [0.2, 0.25) is 0 Å². The van der Waals surface area contributed by atoms with Crippen LogP contribution in [0.4, 0.5) is 5.82 Å². The minimum atomic E-state index is -1.07. The van der Waals surface area contributed by atoms with E-state index in [1.165, 1.54) is 12.4 Å². The zero-order valence-corrected chi connectivity index (χ0v) is 10.3. The van der Waals surface area contributed by atoms with Crippen LogP contribution >= 0.6 is 11.8 Å². The first-order valence-electron chi connectivity index (χ1n) is 4.79. The molecule has 2 N–H and O–H groups in total. The molecule has 0 saturated heterocycles. The number of hydrogen-bond acceptors (Lipinski definition) is 5. The van der Waals surface area contributed by atoms with Crippen LogP contribution in [-0.4, -0.2) is 38.6 Å². The van der Waals surface area contributed by atoms with E-state index in [2.05, 4.69) is 29.1 Å². The number of hydrogen-bond donors (Lipinski definition) is 2. The first kappa shape index (κ1) is 12.8. The van der Waals surface area contributed by atoms with Crippen LogP contribution in [0.5, 0.6) is 0 Å². The quantitative estimate of drug-likeness (QED) is 0.817. The molecule has 0 aliphatic rings. The minimum absolute atomic E-state index is 0.0466. The Morgan fingerprint density at radius 3 is 2.62 bits per heavy atom. The summed E-state index contributed by atoms with van der Waals surface area (Å²) in [4.78, 5) is 18.3. The van der Waals surface area contributed by atoms with Gasteiger partial charge in [-0.2, -0.15) is 11.8 Å². The highest BCUT2D eigenvalue weighted by molar-refractivity contribution is 7.99. The van der Waals surface area contributed by atoms with Crippen LogP contribution in [0, 0.1) is 0 Å². The van der Waals surface area contributed by atoms with Gasteiger partial charge in [0.1, 0.15) is 5.82 Å². The maximum atomic E-state index is 10.5. The van der Waals surface area contributed by atoms with Crippen molar-refractivity contribution in [2.45, 2.75) is 18.6 Å². The first-order valence-corrected chi connectivity index (χ1v) is 6.01. The molecule has 0 amide bonds. The summed E-state index contributed by atoms with van der Waals surface area (Å²) < 4.78 is 0.104. The predicted molar refractivity (Wildman–Crippen MR) is 65.1 cm³/mol. The number of aromatic carboxylic acids is 1. The largest absolute Gasteiger partial charge is 0.476 e. The molecule has 0 saturated carbocycles. The van der Waals surface area contributed by atoms with Crippen molar-refractivity contribution < 1.29 is 9.90 Å². The van der Waals surface area contributed by atoms with E-state index in [9.17, 15) is 4.79 Å². The molecule has 0 fully saturated rings. The molecule has 16 heavy (non-hydrogen) atoms. The average molecular weight is 241 g/mol. The standard InChI is InChI=1S/C10H15N3O2S/c1-10(2,16-3)6-13-8-5-11-7(4-12-8)9(14)15/h4-5H,6H2,1-3H3,(H,12,13)(H,14,15). The number of nitrogens with zero attached hydrogens (tertiary/aromatic N) is 2. The summed E-state index contributed by atoms with van der Waals surface area (Å²) in [5.74, 6) is -0.476. The molecule has 88 valence electrons. The van der Waals surface area contributed by atoms with Crippen LogP contribution in [0.15, 0.2) is 12.4 Å². The van der Waals surface area contributed by atoms with E-state index in [-0.39, 0.29) is 10.4 Å². The lowest BCUT2D eigenvalue weighted by Crippen LogP contribution is -2.26. The van der Waals surface area contributed by atoms with Crippen LogP contribution < -0.4 is 5.32 Å². The van der Waals surface area contributed by atoms with Gasteiger partial charge in [0.2, 0.25) is 0 Å². The van der Waals surface area contributed by atoms with Gasteiger partial charge in [0.25, 0.3) is 0 Å². The number of carboxylic acids is 1. The van der Waals surface area contributed by atoms with Crippen molar-refractivity contribution in [2.24, 2.45) is 0 Å². The molecule has 5 nitrogen and oxygen atoms in total. The van der Waals surface area contributed by atoms with E-state index in [4.69, 9.17) is 5.11 Å². The van der Waals surface area contributed by atoms with Crippen molar-refractivity contribution in [3.05, 3.63) is 18.1 Å². The SMILES string of the molecule is CSC(C)(C)CNc1cnc(C(=O)O)cn1. The van der Waals surface area contributed by atoms with Gasteiger partial charge in [-0.25, -0.2) is 14.8 Å². The molecule has 0 aliphatic heterocycles. The maximum Gasteiger partial charge on any atom is 0.356 e. The molecule has 1 aromatic heterocycles. The normalized spacial score (nSPS) is 11.2. The van der Waals surface area contributed by atoms with E-state index in [0.29, 0.717) is 5.82 Å². The smallest absolute Gasteiger partial charge is 0.356 e. The molecule has 0 spiro atoms. The molecule has 0 bridgehead atoms. The zero-order valence-electron chi connectivity index (χ0n) is 9.52. The lowest BCUT2D eigenvalue weighted by atomic mass is 10.2. The van der Waals surface area contributed by atoms with Crippen molar-refractivity contribution in [2.75, 3.05) is 18.1 Å².